The van der Waals surface area contributed by atoms with Gasteiger partial charge in [0, 0.05) is 13.1 Å². The van der Waals surface area contributed by atoms with Gasteiger partial charge in [-0.15, -0.1) is 0 Å². The number of hydrogen-bond acceptors (Lipinski definition) is 1. The highest BCUT2D eigenvalue weighted by molar-refractivity contribution is 5.72. The third-order valence-electron chi connectivity index (χ3n) is 2.30. The van der Waals surface area contributed by atoms with E-state index in [1.54, 1.807) is 11.9 Å². The fourth-order valence-corrected chi connectivity index (χ4v) is 1.48. The Balaban J connectivity index is 2.38. The van der Waals surface area contributed by atoms with Gasteiger partial charge in [-0.3, -0.25) is 0 Å². The molecule has 1 rings (SSSR count). The number of amides is 2. The highest BCUT2D eigenvalue weighted by Crippen LogP contribution is 2.20. The number of rotatable bonds is 1. The molecule has 0 spiro atoms. The monoisotopic (exact) mass is 155 g/mol. The summed E-state index contributed by atoms with van der Waals surface area (Å²) in [6.07, 6.45) is 6.63. The van der Waals surface area contributed by atoms with Crippen LogP contribution in [-0.4, -0.2) is 24.0 Å². The molecule has 1 aliphatic rings. The average Bonchev–Trinajstić information content (AvgIpc) is 2.05. The van der Waals surface area contributed by atoms with Crippen molar-refractivity contribution in [2.75, 3.05) is 7.05 Å². The Kier molecular flexibility index (Phi) is 2.74. The molecule has 1 radical (unpaired) electrons. The Hall–Kier alpha value is -0.730. The van der Waals surface area contributed by atoms with E-state index in [9.17, 15) is 4.79 Å². The molecule has 0 aliphatic heterocycles. The third-order valence-corrected chi connectivity index (χ3v) is 2.30. The van der Waals surface area contributed by atoms with Gasteiger partial charge in [0.1, 0.15) is 0 Å². The van der Waals surface area contributed by atoms with E-state index >= 15 is 0 Å². The first-order valence-corrected chi connectivity index (χ1v) is 4.05. The zero-order valence-electron chi connectivity index (χ0n) is 6.92. The molecule has 0 aromatic heterocycles. The van der Waals surface area contributed by atoms with Crippen LogP contribution < -0.4 is 5.73 Å². The van der Waals surface area contributed by atoms with Crippen LogP contribution in [0.2, 0.25) is 0 Å². The second kappa shape index (κ2) is 3.60. The van der Waals surface area contributed by atoms with Crippen LogP contribution in [-0.2, 0) is 0 Å². The van der Waals surface area contributed by atoms with Crippen molar-refractivity contribution in [3.8, 4) is 0 Å². The smallest absolute Gasteiger partial charge is 0.314 e. The van der Waals surface area contributed by atoms with Crippen molar-refractivity contribution in [2.45, 2.75) is 31.7 Å². The zero-order chi connectivity index (χ0) is 8.27. The van der Waals surface area contributed by atoms with Crippen molar-refractivity contribution in [3.63, 3.8) is 0 Å². The highest BCUT2D eigenvalue weighted by Gasteiger charge is 2.19. The zero-order valence-corrected chi connectivity index (χ0v) is 6.92. The van der Waals surface area contributed by atoms with E-state index in [1.807, 2.05) is 0 Å². The lowest BCUT2D eigenvalue weighted by Crippen LogP contribution is -2.41. The van der Waals surface area contributed by atoms with E-state index < -0.39 is 0 Å². The second-order valence-electron chi connectivity index (χ2n) is 3.05. The number of nitrogens with two attached hydrogens (primary N) is 1. The van der Waals surface area contributed by atoms with E-state index in [2.05, 4.69) is 6.42 Å². The summed E-state index contributed by atoms with van der Waals surface area (Å²) in [5, 5.41) is 0. The minimum atomic E-state index is -0.308. The maximum Gasteiger partial charge on any atom is 0.314 e. The molecule has 0 aromatic rings. The molecular formula is C8H15N2O. The molecular weight excluding hydrogens is 140 g/mol. The predicted octanol–water partition coefficient (Wildman–Crippen LogP) is 1.14. The van der Waals surface area contributed by atoms with Crippen LogP contribution >= 0.6 is 0 Å². The molecule has 63 valence electrons. The molecule has 2 N–H and O–H groups in total. The van der Waals surface area contributed by atoms with Gasteiger partial charge < -0.3 is 10.6 Å². The SMILES string of the molecule is CN(C(N)=O)C1CC[CH]CC1. The van der Waals surface area contributed by atoms with Crippen molar-refractivity contribution in [3.05, 3.63) is 6.42 Å². The average molecular weight is 155 g/mol. The summed E-state index contributed by atoms with van der Waals surface area (Å²) >= 11 is 0. The standard InChI is InChI=1S/C8H15N2O/c1-10(8(9)11)7-5-3-2-4-6-7/h2,7H,3-6H2,1H3,(H2,9,11). The molecule has 1 saturated carbocycles. The van der Waals surface area contributed by atoms with Gasteiger partial charge in [-0.25, -0.2) is 4.79 Å². The summed E-state index contributed by atoms with van der Waals surface area (Å²) in [6.45, 7) is 0. The number of nitrogens with zero attached hydrogens (tertiary/aromatic N) is 1. The fraction of sp³-hybridized carbons (Fsp3) is 0.750. The Morgan fingerprint density at radius 3 is 2.55 bits per heavy atom. The molecule has 0 aromatic carbocycles. The Morgan fingerprint density at radius 1 is 1.55 bits per heavy atom. The quantitative estimate of drug-likeness (QED) is 0.606. The van der Waals surface area contributed by atoms with Crippen LogP contribution in [0.4, 0.5) is 4.79 Å². The largest absolute Gasteiger partial charge is 0.351 e. The maximum atomic E-state index is 10.7. The van der Waals surface area contributed by atoms with Crippen molar-refractivity contribution in [1.82, 2.24) is 4.90 Å². The summed E-state index contributed by atoms with van der Waals surface area (Å²) in [5.74, 6) is 0. The minimum absolute atomic E-state index is 0.308. The lowest BCUT2D eigenvalue weighted by atomic mass is 9.95. The molecule has 11 heavy (non-hydrogen) atoms. The van der Waals surface area contributed by atoms with E-state index in [0.29, 0.717) is 6.04 Å². The van der Waals surface area contributed by atoms with Crippen LogP contribution in [0, 0.1) is 6.42 Å². The molecule has 2 amide bonds. The topological polar surface area (TPSA) is 46.3 Å². The minimum Gasteiger partial charge on any atom is -0.351 e. The highest BCUT2D eigenvalue weighted by atomic mass is 16.2. The van der Waals surface area contributed by atoms with Crippen LogP contribution in [0.5, 0.6) is 0 Å². The van der Waals surface area contributed by atoms with Crippen LogP contribution in [0.15, 0.2) is 0 Å². The summed E-state index contributed by atoms with van der Waals surface area (Å²) < 4.78 is 0. The van der Waals surface area contributed by atoms with E-state index in [0.717, 1.165) is 25.7 Å². The second-order valence-corrected chi connectivity index (χ2v) is 3.05. The van der Waals surface area contributed by atoms with Gasteiger partial charge in [-0.1, -0.05) is 0 Å². The van der Waals surface area contributed by atoms with Crippen molar-refractivity contribution in [2.24, 2.45) is 5.73 Å². The van der Waals surface area contributed by atoms with Crippen LogP contribution in [0.1, 0.15) is 25.7 Å². The van der Waals surface area contributed by atoms with Gasteiger partial charge in [0.15, 0.2) is 0 Å². The molecule has 3 heteroatoms. The van der Waals surface area contributed by atoms with Gasteiger partial charge in [-0.05, 0) is 32.1 Å². The van der Waals surface area contributed by atoms with Gasteiger partial charge in [0.05, 0.1) is 0 Å². The number of hydrogen-bond donors (Lipinski definition) is 1. The molecule has 0 bridgehead atoms. The van der Waals surface area contributed by atoms with Gasteiger partial charge >= 0.3 is 6.03 Å². The first-order chi connectivity index (χ1) is 5.22. The van der Waals surface area contributed by atoms with E-state index in [4.69, 9.17) is 5.73 Å². The lowest BCUT2D eigenvalue weighted by molar-refractivity contribution is 0.188. The molecule has 0 heterocycles. The number of carbonyl (C=O) groups is 1. The Bertz CT molecular complexity index is 141. The molecule has 0 saturated heterocycles. The van der Waals surface area contributed by atoms with Gasteiger partial charge in [0.2, 0.25) is 0 Å². The summed E-state index contributed by atoms with van der Waals surface area (Å²) in [4.78, 5) is 12.4. The van der Waals surface area contributed by atoms with Crippen molar-refractivity contribution < 1.29 is 4.79 Å². The van der Waals surface area contributed by atoms with Crippen LogP contribution in [0.3, 0.4) is 0 Å². The lowest BCUT2D eigenvalue weighted by Gasteiger charge is -2.29. The number of primary amides is 1. The molecule has 1 aliphatic carbocycles. The normalized spacial score (nSPS) is 19.7. The van der Waals surface area contributed by atoms with Gasteiger partial charge in [0.25, 0.3) is 0 Å². The number of urea groups is 1. The van der Waals surface area contributed by atoms with Crippen molar-refractivity contribution >= 4 is 6.03 Å². The van der Waals surface area contributed by atoms with E-state index in [1.165, 1.54) is 0 Å². The summed E-state index contributed by atoms with van der Waals surface area (Å²) in [7, 11) is 1.78. The Morgan fingerprint density at radius 2 is 2.09 bits per heavy atom. The summed E-state index contributed by atoms with van der Waals surface area (Å²) in [6, 6.07) is 0.0643. The molecule has 1 fully saturated rings. The fourth-order valence-electron chi connectivity index (χ4n) is 1.48. The van der Waals surface area contributed by atoms with Crippen LogP contribution in [0.25, 0.3) is 0 Å². The predicted molar refractivity (Wildman–Crippen MR) is 43.9 cm³/mol. The first kappa shape index (κ1) is 8.37. The Labute approximate surface area is 67.5 Å². The van der Waals surface area contributed by atoms with Gasteiger partial charge in [-0.2, -0.15) is 0 Å². The maximum absolute atomic E-state index is 10.7. The van der Waals surface area contributed by atoms with Crippen molar-refractivity contribution in [1.29, 1.82) is 0 Å². The first-order valence-electron chi connectivity index (χ1n) is 4.05. The molecule has 0 unspecified atom stereocenters. The summed E-state index contributed by atoms with van der Waals surface area (Å²) in [5.41, 5.74) is 5.14. The third kappa shape index (κ3) is 2.10. The number of carbonyl (C=O) groups excluding carboxylic acids is 1. The molecule has 3 nitrogen and oxygen atoms in total. The van der Waals surface area contributed by atoms with E-state index in [-0.39, 0.29) is 6.03 Å². The molecule has 0 atom stereocenters.